The molecule has 0 aliphatic carbocycles. The molecule has 0 amide bonds. The van der Waals surface area contributed by atoms with Crippen molar-refractivity contribution in [2.45, 2.75) is 13.3 Å². The van der Waals surface area contributed by atoms with Gasteiger partial charge in [-0.25, -0.2) is 9.78 Å². The van der Waals surface area contributed by atoms with E-state index in [-0.39, 0.29) is 11.8 Å². The van der Waals surface area contributed by atoms with Crippen LogP contribution in [-0.2, 0) is 11.2 Å². The summed E-state index contributed by atoms with van der Waals surface area (Å²) >= 11 is 5.97. The molecule has 1 aliphatic heterocycles. The van der Waals surface area contributed by atoms with E-state index in [0.29, 0.717) is 35.4 Å². The number of anilines is 3. The van der Waals surface area contributed by atoms with Gasteiger partial charge in [-0.15, -0.1) is 0 Å². The van der Waals surface area contributed by atoms with Gasteiger partial charge in [-0.3, -0.25) is 0 Å². The van der Waals surface area contributed by atoms with Crippen LogP contribution in [0.4, 0.5) is 17.3 Å². The maximum atomic E-state index is 12.1. The Kier molecular flexibility index (Phi) is 6.60. The summed E-state index contributed by atoms with van der Waals surface area (Å²) in [4.78, 5) is 27.1. The number of benzene rings is 2. The molecule has 0 saturated heterocycles. The van der Waals surface area contributed by atoms with Gasteiger partial charge in [0, 0.05) is 35.1 Å². The molecule has 0 spiro atoms. The number of halogens is 1. The first-order valence-corrected chi connectivity index (χ1v) is 10.5. The van der Waals surface area contributed by atoms with Crippen LogP contribution in [0, 0.1) is 0 Å². The Morgan fingerprint density at radius 3 is 2.61 bits per heavy atom. The van der Waals surface area contributed by atoms with Gasteiger partial charge in [-0.1, -0.05) is 23.7 Å². The fourth-order valence-corrected chi connectivity index (χ4v) is 3.46. The molecular formula is C23H23ClN6O3. The van der Waals surface area contributed by atoms with Crippen molar-refractivity contribution in [3.8, 4) is 5.75 Å². The molecule has 2 N–H and O–H groups in total. The van der Waals surface area contributed by atoms with Gasteiger partial charge in [0.25, 0.3) is 0 Å². The number of allylic oxidation sites excluding steroid dienone is 1. The molecule has 2 heterocycles. The topological polar surface area (TPSA) is 102 Å². The second kappa shape index (κ2) is 9.74. The molecule has 1 aliphatic rings. The van der Waals surface area contributed by atoms with E-state index < -0.39 is 5.97 Å². The Hall–Kier alpha value is -3.85. The van der Waals surface area contributed by atoms with Gasteiger partial charge in [0.1, 0.15) is 11.6 Å². The van der Waals surface area contributed by atoms with E-state index in [1.165, 1.54) is 7.11 Å². The number of carbonyl (C=O) groups is 1. The van der Waals surface area contributed by atoms with Crippen molar-refractivity contribution in [2.24, 2.45) is 0 Å². The van der Waals surface area contributed by atoms with Crippen LogP contribution in [0.25, 0.3) is 0 Å². The average Bonchev–Trinajstić information content (AvgIpc) is 3.25. The average molecular weight is 467 g/mol. The smallest absolute Gasteiger partial charge is 0.376 e. The van der Waals surface area contributed by atoms with Crippen LogP contribution in [0.2, 0.25) is 5.02 Å². The SMILES string of the molecule is COC(=O)c1nc(Cc2ccc(Cl)cc2)nc(Nc2ccc(N3C=C(C)NC3)c(OC)c2)n1. The monoisotopic (exact) mass is 466 g/mol. The third kappa shape index (κ3) is 5.32. The van der Waals surface area contributed by atoms with Crippen molar-refractivity contribution in [1.82, 2.24) is 20.3 Å². The largest absolute Gasteiger partial charge is 0.494 e. The molecule has 3 aromatic rings. The number of nitrogens with one attached hydrogen (secondary N) is 2. The van der Waals surface area contributed by atoms with E-state index in [9.17, 15) is 4.79 Å². The van der Waals surface area contributed by atoms with Gasteiger partial charge in [0.15, 0.2) is 0 Å². The van der Waals surface area contributed by atoms with E-state index in [2.05, 4.69) is 30.5 Å². The van der Waals surface area contributed by atoms with Crippen LogP contribution in [-0.4, -0.2) is 41.8 Å². The van der Waals surface area contributed by atoms with Crippen LogP contribution >= 0.6 is 11.6 Å². The number of nitrogens with zero attached hydrogens (tertiary/aromatic N) is 4. The molecule has 170 valence electrons. The van der Waals surface area contributed by atoms with Gasteiger partial charge in [-0.2, -0.15) is 9.97 Å². The summed E-state index contributed by atoms with van der Waals surface area (Å²) in [7, 11) is 2.90. The summed E-state index contributed by atoms with van der Waals surface area (Å²) in [6.07, 6.45) is 2.41. The van der Waals surface area contributed by atoms with Crippen molar-refractivity contribution < 1.29 is 14.3 Å². The van der Waals surface area contributed by atoms with Gasteiger partial charge in [0.2, 0.25) is 11.8 Å². The third-order valence-electron chi connectivity index (χ3n) is 4.95. The van der Waals surface area contributed by atoms with Crippen molar-refractivity contribution in [3.63, 3.8) is 0 Å². The Labute approximate surface area is 196 Å². The lowest BCUT2D eigenvalue weighted by Crippen LogP contribution is -2.20. The van der Waals surface area contributed by atoms with Crippen molar-refractivity contribution in [1.29, 1.82) is 0 Å². The van der Waals surface area contributed by atoms with E-state index in [4.69, 9.17) is 21.1 Å². The highest BCUT2D eigenvalue weighted by atomic mass is 35.5. The number of rotatable bonds is 7. The zero-order chi connectivity index (χ0) is 23.4. The predicted molar refractivity (Wildman–Crippen MR) is 126 cm³/mol. The molecule has 4 rings (SSSR count). The molecule has 0 radical (unpaired) electrons. The molecular weight excluding hydrogens is 444 g/mol. The number of esters is 1. The number of carbonyl (C=O) groups excluding carboxylic acids is 1. The van der Waals surface area contributed by atoms with Crippen molar-refractivity contribution in [2.75, 3.05) is 31.1 Å². The minimum atomic E-state index is -0.644. The third-order valence-corrected chi connectivity index (χ3v) is 5.20. The lowest BCUT2D eigenvalue weighted by Gasteiger charge is -2.19. The van der Waals surface area contributed by atoms with Gasteiger partial charge in [-0.05, 0) is 36.8 Å². The van der Waals surface area contributed by atoms with Crippen LogP contribution in [0.3, 0.4) is 0 Å². The first-order valence-electron chi connectivity index (χ1n) is 10.2. The van der Waals surface area contributed by atoms with E-state index in [0.717, 1.165) is 16.9 Å². The van der Waals surface area contributed by atoms with Crippen LogP contribution in [0.1, 0.15) is 28.9 Å². The first-order chi connectivity index (χ1) is 15.9. The Morgan fingerprint density at radius 2 is 1.94 bits per heavy atom. The summed E-state index contributed by atoms with van der Waals surface area (Å²) in [5.41, 5.74) is 3.64. The lowest BCUT2D eigenvalue weighted by atomic mass is 10.1. The zero-order valence-corrected chi connectivity index (χ0v) is 19.2. The van der Waals surface area contributed by atoms with Crippen LogP contribution in [0.5, 0.6) is 5.75 Å². The molecule has 2 aromatic carbocycles. The van der Waals surface area contributed by atoms with Gasteiger partial charge < -0.3 is 25.0 Å². The number of hydrogen-bond acceptors (Lipinski definition) is 9. The molecule has 0 atom stereocenters. The van der Waals surface area contributed by atoms with Gasteiger partial charge >= 0.3 is 5.97 Å². The molecule has 10 heteroatoms. The molecule has 0 unspecified atom stereocenters. The van der Waals surface area contributed by atoms with Crippen molar-refractivity contribution in [3.05, 3.63) is 76.6 Å². The molecule has 0 saturated carbocycles. The minimum absolute atomic E-state index is 0.0775. The normalized spacial score (nSPS) is 12.7. The Bertz CT molecular complexity index is 1200. The number of aromatic nitrogens is 3. The summed E-state index contributed by atoms with van der Waals surface area (Å²) in [5, 5.41) is 7.04. The number of methoxy groups -OCH3 is 2. The van der Waals surface area contributed by atoms with Gasteiger partial charge in [0.05, 0.1) is 26.6 Å². The molecule has 0 bridgehead atoms. The highest BCUT2D eigenvalue weighted by Crippen LogP contribution is 2.33. The summed E-state index contributed by atoms with van der Waals surface area (Å²) in [5.74, 6) is 0.599. The summed E-state index contributed by atoms with van der Waals surface area (Å²) < 4.78 is 10.4. The fraction of sp³-hybridized carbons (Fsp3) is 0.217. The Balaban J connectivity index is 1.62. The second-order valence-corrected chi connectivity index (χ2v) is 7.76. The maximum Gasteiger partial charge on any atom is 0.376 e. The van der Waals surface area contributed by atoms with E-state index in [1.807, 2.05) is 43.5 Å². The van der Waals surface area contributed by atoms with Crippen LogP contribution < -0.4 is 20.3 Å². The number of hydrogen-bond donors (Lipinski definition) is 2. The van der Waals surface area contributed by atoms with Crippen LogP contribution in [0.15, 0.2) is 54.4 Å². The molecule has 9 nitrogen and oxygen atoms in total. The second-order valence-electron chi connectivity index (χ2n) is 7.32. The highest BCUT2D eigenvalue weighted by molar-refractivity contribution is 6.30. The molecule has 33 heavy (non-hydrogen) atoms. The maximum absolute atomic E-state index is 12.1. The van der Waals surface area contributed by atoms with Crippen molar-refractivity contribution >= 4 is 34.9 Å². The zero-order valence-electron chi connectivity index (χ0n) is 18.4. The lowest BCUT2D eigenvalue weighted by molar-refractivity contribution is 0.0586. The van der Waals surface area contributed by atoms with E-state index in [1.54, 1.807) is 19.2 Å². The fourth-order valence-electron chi connectivity index (χ4n) is 3.33. The Morgan fingerprint density at radius 1 is 1.15 bits per heavy atom. The van der Waals surface area contributed by atoms with E-state index >= 15 is 0 Å². The summed E-state index contributed by atoms with van der Waals surface area (Å²) in [6, 6.07) is 13.0. The highest BCUT2D eigenvalue weighted by Gasteiger charge is 2.17. The number of ether oxygens (including phenoxy) is 2. The summed E-state index contributed by atoms with van der Waals surface area (Å²) in [6.45, 7) is 2.67. The molecule has 0 fully saturated rings. The standard InChI is InChI=1S/C23H23ClN6O3/c1-14-12-30(13-25-14)18-9-8-17(11-19(18)32-2)26-23-28-20(27-21(29-23)22(31)33-3)10-15-4-6-16(24)7-5-15/h4-9,11-12,25H,10,13H2,1-3H3,(H,26,27,28,29). The minimum Gasteiger partial charge on any atom is -0.494 e. The quantitative estimate of drug-likeness (QED) is 0.502. The first kappa shape index (κ1) is 22.3. The molecule has 1 aromatic heterocycles. The predicted octanol–water partition coefficient (Wildman–Crippen LogP) is 3.88.